The second-order valence-electron chi connectivity index (χ2n) is 8.45. The Hall–Kier alpha value is -2.50. The van der Waals surface area contributed by atoms with E-state index in [0.717, 1.165) is 33.4 Å². The Morgan fingerprint density at radius 3 is 2.23 bits per heavy atom. The quantitative estimate of drug-likeness (QED) is 0.521. The average molecular weight is 412 g/mol. The van der Waals surface area contributed by atoms with Crippen molar-refractivity contribution in [2.24, 2.45) is 0 Å². The lowest BCUT2D eigenvalue weighted by atomic mass is 9.83. The van der Waals surface area contributed by atoms with Crippen molar-refractivity contribution in [2.75, 3.05) is 0 Å². The number of aryl methyl sites for hydroxylation is 1. The molecule has 0 saturated carbocycles. The summed E-state index contributed by atoms with van der Waals surface area (Å²) in [5.41, 5.74) is 8.09. The first-order chi connectivity index (χ1) is 14.1. The molecule has 0 saturated heterocycles. The fourth-order valence-electron chi connectivity index (χ4n) is 5.55. The fraction of sp³-hybridized carbons (Fsp3) is 0.375. The smallest absolute Gasteiger partial charge is 0.393 e. The normalized spacial score (nSPS) is 17.8. The molecule has 0 bridgehead atoms. The highest BCUT2D eigenvalue weighted by molar-refractivity contribution is 6.58. The molecular formula is C24H28BF3N2. The number of aromatic nitrogens is 1. The molecule has 0 radical (unpaired) electrons. The molecule has 3 heterocycles. The number of benzene rings is 1. The molecule has 1 aromatic carbocycles. The van der Waals surface area contributed by atoms with E-state index in [0.29, 0.717) is 41.2 Å². The Balaban J connectivity index is 2.23. The highest BCUT2D eigenvalue weighted by Gasteiger charge is 2.56. The largest absolute Gasteiger partial charge is 0.737 e. The van der Waals surface area contributed by atoms with Gasteiger partial charge in [-0.1, -0.05) is 19.9 Å². The zero-order chi connectivity index (χ0) is 22.1. The predicted octanol–water partition coefficient (Wildman–Crippen LogP) is 6.32. The number of nitrogens with zero attached hydrogens (tertiary/aromatic N) is 2. The van der Waals surface area contributed by atoms with Gasteiger partial charge < -0.3 is 17.6 Å². The minimum atomic E-state index is -4.03. The van der Waals surface area contributed by atoms with Gasteiger partial charge in [0.2, 0.25) is 0 Å². The van der Waals surface area contributed by atoms with E-state index in [1.165, 1.54) is 15.0 Å². The van der Waals surface area contributed by atoms with Crippen LogP contribution in [-0.2, 0) is 6.42 Å². The lowest BCUT2D eigenvalue weighted by Crippen LogP contribution is -2.51. The number of rotatable bonds is 3. The Labute approximate surface area is 176 Å². The molecule has 4 rings (SSSR count). The summed E-state index contributed by atoms with van der Waals surface area (Å²) in [5.74, 6) is -0.292. The summed E-state index contributed by atoms with van der Waals surface area (Å²) in [4.78, 5) is 0. The topological polar surface area (TPSA) is 7.94 Å². The molecule has 2 aromatic rings. The van der Waals surface area contributed by atoms with E-state index in [1.54, 1.807) is 32.9 Å². The van der Waals surface area contributed by atoms with Gasteiger partial charge in [-0.25, -0.2) is 4.39 Å². The molecule has 1 aromatic heterocycles. The van der Waals surface area contributed by atoms with Crippen molar-refractivity contribution in [1.29, 1.82) is 0 Å². The molecule has 0 amide bonds. The molecule has 158 valence electrons. The Kier molecular flexibility index (Phi) is 4.68. The van der Waals surface area contributed by atoms with Gasteiger partial charge in [-0.15, -0.1) is 0 Å². The standard InChI is InChI=1S/C24H28BF3N2/c1-8-19-14(4)23-22(18-10-11-21(26)13(3)12-18)24-15(5)20(9-2)17(7)30(24)25(27,28)29(23)16(19)6/h10-12H,8-9H2,1-7H3. The first-order valence-electron chi connectivity index (χ1n) is 10.6. The van der Waals surface area contributed by atoms with E-state index in [2.05, 4.69) is 0 Å². The number of allylic oxidation sites excluding steroid dienone is 2. The van der Waals surface area contributed by atoms with Crippen LogP contribution < -0.4 is 0 Å². The molecule has 2 aliphatic rings. The molecular weight excluding hydrogens is 384 g/mol. The summed E-state index contributed by atoms with van der Waals surface area (Å²) in [6.07, 6.45) is 1.37. The lowest BCUT2D eigenvalue weighted by molar-refractivity contribution is -0.363. The summed E-state index contributed by atoms with van der Waals surface area (Å²) >= 11 is 0. The highest BCUT2D eigenvalue weighted by atomic mass is 19.2. The number of fused-ring (bicyclic) bond motifs is 2. The maximum absolute atomic E-state index is 16.1. The monoisotopic (exact) mass is 412 g/mol. The van der Waals surface area contributed by atoms with Crippen molar-refractivity contribution < 1.29 is 17.5 Å². The van der Waals surface area contributed by atoms with Crippen LogP contribution in [0.3, 0.4) is 0 Å². The molecule has 0 N–H and O–H groups in total. The van der Waals surface area contributed by atoms with Gasteiger partial charge in [-0.2, -0.15) is 0 Å². The van der Waals surface area contributed by atoms with Crippen LogP contribution in [-0.4, -0.2) is 21.6 Å². The molecule has 0 spiro atoms. The predicted molar refractivity (Wildman–Crippen MR) is 118 cm³/mol. The lowest BCUT2D eigenvalue weighted by Gasteiger charge is -2.34. The van der Waals surface area contributed by atoms with Crippen LogP contribution in [0.2, 0.25) is 0 Å². The van der Waals surface area contributed by atoms with Gasteiger partial charge in [-0.05, 0) is 80.6 Å². The van der Waals surface area contributed by atoms with Gasteiger partial charge in [0, 0.05) is 23.8 Å². The molecule has 0 atom stereocenters. The van der Waals surface area contributed by atoms with E-state index in [1.807, 2.05) is 27.7 Å². The maximum atomic E-state index is 16.1. The second kappa shape index (κ2) is 6.76. The van der Waals surface area contributed by atoms with Gasteiger partial charge in [0.15, 0.2) is 5.70 Å². The third-order valence-electron chi connectivity index (χ3n) is 6.94. The number of halogens is 3. The van der Waals surface area contributed by atoms with Gasteiger partial charge in [0.25, 0.3) is 0 Å². The summed E-state index contributed by atoms with van der Waals surface area (Å²) in [5, 5.41) is 0. The maximum Gasteiger partial charge on any atom is 0.737 e. The van der Waals surface area contributed by atoms with Gasteiger partial charge in [0.05, 0.1) is 5.57 Å². The summed E-state index contributed by atoms with van der Waals surface area (Å²) in [7, 11) is 0. The first kappa shape index (κ1) is 20.8. The van der Waals surface area contributed by atoms with Crippen LogP contribution in [0, 0.1) is 26.6 Å². The Morgan fingerprint density at radius 2 is 1.67 bits per heavy atom. The van der Waals surface area contributed by atoms with Crippen molar-refractivity contribution in [3.05, 3.63) is 74.5 Å². The minimum Gasteiger partial charge on any atom is -0.393 e. The fourth-order valence-corrected chi connectivity index (χ4v) is 5.55. The van der Waals surface area contributed by atoms with Crippen LogP contribution >= 0.6 is 0 Å². The third kappa shape index (κ3) is 2.49. The number of hydrogen-bond donors (Lipinski definition) is 0. The SMILES string of the molecule is CCC1=C(C)C2=C(c3ccc(F)c(C)c3)c3c(C)c(CC)c(C)n3[B-](F)(F)[N+]2=C1C. The van der Waals surface area contributed by atoms with E-state index in [4.69, 9.17) is 0 Å². The molecule has 0 fully saturated rings. The van der Waals surface area contributed by atoms with Crippen molar-refractivity contribution in [3.63, 3.8) is 0 Å². The summed E-state index contributed by atoms with van der Waals surface area (Å²) < 4.78 is 48.8. The van der Waals surface area contributed by atoms with Crippen LogP contribution in [0.15, 0.2) is 35.0 Å². The van der Waals surface area contributed by atoms with Crippen LogP contribution in [0.4, 0.5) is 13.0 Å². The summed E-state index contributed by atoms with van der Waals surface area (Å²) in [6.45, 7) is 9.12. The molecule has 0 aliphatic carbocycles. The molecule has 0 unspecified atom stereocenters. The van der Waals surface area contributed by atoms with E-state index in [9.17, 15) is 4.39 Å². The first-order valence-corrected chi connectivity index (χ1v) is 10.6. The zero-order valence-corrected chi connectivity index (χ0v) is 18.8. The number of hydrogen-bond acceptors (Lipinski definition) is 0. The van der Waals surface area contributed by atoms with E-state index >= 15 is 8.63 Å². The summed E-state index contributed by atoms with van der Waals surface area (Å²) in [6, 6.07) is 4.92. The molecule has 6 heteroatoms. The van der Waals surface area contributed by atoms with Gasteiger partial charge >= 0.3 is 6.97 Å². The van der Waals surface area contributed by atoms with Crippen molar-refractivity contribution in [2.45, 2.75) is 61.3 Å². The Morgan fingerprint density at radius 1 is 1.00 bits per heavy atom. The molecule has 2 nitrogen and oxygen atoms in total. The van der Waals surface area contributed by atoms with Gasteiger partial charge in [0.1, 0.15) is 11.5 Å². The zero-order valence-electron chi connectivity index (χ0n) is 18.8. The van der Waals surface area contributed by atoms with Crippen molar-refractivity contribution in [1.82, 2.24) is 4.48 Å². The average Bonchev–Trinajstić information content (AvgIpc) is 3.09. The van der Waals surface area contributed by atoms with Crippen molar-refractivity contribution >= 4 is 18.3 Å². The molecule has 2 aliphatic heterocycles. The Bertz CT molecular complexity index is 1200. The molecule has 30 heavy (non-hydrogen) atoms. The van der Waals surface area contributed by atoms with Crippen LogP contribution in [0.1, 0.15) is 67.8 Å². The van der Waals surface area contributed by atoms with E-state index < -0.39 is 6.97 Å². The minimum absolute atomic E-state index is 0.292. The van der Waals surface area contributed by atoms with Crippen molar-refractivity contribution in [3.8, 4) is 0 Å². The third-order valence-corrected chi connectivity index (χ3v) is 6.94. The van der Waals surface area contributed by atoms with Crippen LogP contribution in [0.25, 0.3) is 5.57 Å². The highest BCUT2D eigenvalue weighted by Crippen LogP contribution is 2.47. The van der Waals surface area contributed by atoms with E-state index in [-0.39, 0.29) is 5.82 Å². The van der Waals surface area contributed by atoms with Gasteiger partial charge in [-0.3, -0.25) is 0 Å². The van der Waals surface area contributed by atoms with Crippen LogP contribution in [0.5, 0.6) is 0 Å². The second-order valence-corrected chi connectivity index (χ2v) is 8.45.